The lowest BCUT2D eigenvalue weighted by Crippen LogP contribution is -2.06. The molecule has 18 heavy (non-hydrogen) atoms. The van der Waals surface area contributed by atoms with Crippen LogP contribution in [0.4, 0.5) is 4.39 Å². The minimum atomic E-state index is -1.35. The lowest BCUT2D eigenvalue weighted by molar-refractivity contribution is 0.0686. The van der Waals surface area contributed by atoms with E-state index < -0.39 is 17.3 Å². The van der Waals surface area contributed by atoms with Gasteiger partial charge in [-0.3, -0.25) is 4.98 Å². The number of pyridine rings is 1. The third-order valence-electron chi connectivity index (χ3n) is 2.33. The van der Waals surface area contributed by atoms with Crippen LogP contribution in [0.15, 0.2) is 42.7 Å². The van der Waals surface area contributed by atoms with Crippen LogP contribution in [0.2, 0.25) is 0 Å². The second-order valence-corrected chi connectivity index (χ2v) is 3.56. The van der Waals surface area contributed by atoms with Crippen LogP contribution in [0.1, 0.15) is 15.9 Å². The van der Waals surface area contributed by atoms with Gasteiger partial charge in [0.15, 0.2) is 0 Å². The molecule has 0 saturated carbocycles. The molecule has 0 fully saturated rings. The minimum absolute atomic E-state index is 0.0133. The topological polar surface area (TPSA) is 59.4 Å². The molecule has 0 bridgehead atoms. The van der Waals surface area contributed by atoms with E-state index in [2.05, 4.69) is 4.98 Å². The lowest BCUT2D eigenvalue weighted by atomic mass is 10.2. The molecule has 2 rings (SSSR count). The number of ether oxygens (including phenoxy) is 1. The van der Waals surface area contributed by atoms with Crippen molar-refractivity contribution in [3.05, 3.63) is 59.7 Å². The number of benzene rings is 1. The van der Waals surface area contributed by atoms with Gasteiger partial charge in [-0.2, -0.15) is 0 Å². The van der Waals surface area contributed by atoms with Crippen molar-refractivity contribution in [2.75, 3.05) is 0 Å². The number of carboxylic acid groups (broad SMARTS) is 1. The number of carboxylic acids is 1. The molecule has 0 amide bonds. The number of halogens is 1. The van der Waals surface area contributed by atoms with Crippen molar-refractivity contribution in [2.45, 2.75) is 6.61 Å². The summed E-state index contributed by atoms with van der Waals surface area (Å²) < 4.78 is 18.7. The zero-order valence-electron chi connectivity index (χ0n) is 9.34. The second-order valence-electron chi connectivity index (χ2n) is 3.56. The fraction of sp³-hybridized carbons (Fsp3) is 0.0769. The molecule has 0 aliphatic carbocycles. The van der Waals surface area contributed by atoms with E-state index in [1.54, 1.807) is 24.5 Å². The van der Waals surface area contributed by atoms with E-state index in [0.717, 1.165) is 11.6 Å². The Kier molecular flexibility index (Phi) is 3.52. The maximum Gasteiger partial charge on any atom is 0.342 e. The molecule has 1 aromatic heterocycles. The van der Waals surface area contributed by atoms with Gasteiger partial charge in [0.25, 0.3) is 0 Å². The Hall–Kier alpha value is -2.43. The number of nitrogens with zero attached hydrogens (tertiary/aromatic N) is 1. The maximum absolute atomic E-state index is 13.4. The van der Waals surface area contributed by atoms with Crippen LogP contribution < -0.4 is 4.74 Å². The molecular weight excluding hydrogens is 237 g/mol. The molecule has 0 saturated heterocycles. The number of aromatic nitrogens is 1. The van der Waals surface area contributed by atoms with Crippen LogP contribution in [-0.4, -0.2) is 16.1 Å². The zero-order valence-corrected chi connectivity index (χ0v) is 9.34. The number of rotatable bonds is 4. The van der Waals surface area contributed by atoms with Gasteiger partial charge in [0.05, 0.1) is 0 Å². The van der Waals surface area contributed by atoms with Crippen molar-refractivity contribution >= 4 is 5.97 Å². The molecule has 0 spiro atoms. The van der Waals surface area contributed by atoms with Crippen molar-refractivity contribution in [3.8, 4) is 5.75 Å². The Bertz CT molecular complexity index is 557. The molecule has 0 radical (unpaired) electrons. The number of hydrogen-bond acceptors (Lipinski definition) is 3. The minimum Gasteiger partial charge on any atom is -0.488 e. The van der Waals surface area contributed by atoms with E-state index in [1.165, 1.54) is 12.1 Å². The Morgan fingerprint density at radius 1 is 1.28 bits per heavy atom. The van der Waals surface area contributed by atoms with Gasteiger partial charge in [-0.1, -0.05) is 6.07 Å². The number of hydrogen-bond donors (Lipinski definition) is 1. The molecule has 2 aromatic rings. The molecular formula is C13H10FNO3. The predicted octanol–water partition coefficient (Wildman–Crippen LogP) is 2.50. The Balaban J connectivity index is 2.20. The van der Waals surface area contributed by atoms with Gasteiger partial charge < -0.3 is 9.84 Å². The van der Waals surface area contributed by atoms with Crippen LogP contribution in [0.5, 0.6) is 5.75 Å². The first kappa shape index (κ1) is 12.0. The summed E-state index contributed by atoms with van der Waals surface area (Å²) in [6, 6.07) is 7.39. The number of aromatic carboxylic acids is 1. The summed E-state index contributed by atoms with van der Waals surface area (Å²) in [6.07, 6.45) is 3.20. The van der Waals surface area contributed by atoms with Gasteiger partial charge in [0, 0.05) is 12.4 Å². The third-order valence-corrected chi connectivity index (χ3v) is 2.33. The summed E-state index contributed by atoms with van der Waals surface area (Å²) in [4.78, 5) is 14.8. The molecule has 1 aromatic carbocycles. The highest BCUT2D eigenvalue weighted by Crippen LogP contribution is 2.22. The molecule has 1 heterocycles. The standard InChI is InChI=1S/C13H10FNO3/c14-10-2-1-3-11(12(10)13(16)17)18-8-9-4-6-15-7-5-9/h1-7H,8H2,(H,16,17). The van der Waals surface area contributed by atoms with Crippen LogP contribution in [0, 0.1) is 5.82 Å². The van der Waals surface area contributed by atoms with Crippen molar-refractivity contribution in [2.24, 2.45) is 0 Å². The smallest absolute Gasteiger partial charge is 0.342 e. The SMILES string of the molecule is O=C(O)c1c(F)cccc1OCc1ccncc1. The van der Waals surface area contributed by atoms with Crippen molar-refractivity contribution < 1.29 is 19.0 Å². The highest BCUT2D eigenvalue weighted by molar-refractivity contribution is 5.91. The normalized spacial score (nSPS) is 10.1. The first-order valence-electron chi connectivity index (χ1n) is 5.22. The van der Waals surface area contributed by atoms with Gasteiger partial charge in [0.1, 0.15) is 23.7 Å². The van der Waals surface area contributed by atoms with E-state index in [4.69, 9.17) is 9.84 Å². The van der Waals surface area contributed by atoms with Gasteiger partial charge in [0.2, 0.25) is 0 Å². The first-order chi connectivity index (χ1) is 8.68. The fourth-order valence-corrected chi connectivity index (χ4v) is 1.47. The van der Waals surface area contributed by atoms with Crippen molar-refractivity contribution in [1.82, 2.24) is 4.98 Å². The average Bonchev–Trinajstić information content (AvgIpc) is 2.37. The van der Waals surface area contributed by atoms with Gasteiger partial charge in [-0.25, -0.2) is 9.18 Å². The summed E-state index contributed by atoms with van der Waals surface area (Å²) in [6.45, 7) is 0.159. The largest absolute Gasteiger partial charge is 0.488 e. The van der Waals surface area contributed by atoms with E-state index in [0.29, 0.717) is 0 Å². The average molecular weight is 247 g/mol. The Morgan fingerprint density at radius 3 is 2.67 bits per heavy atom. The molecule has 0 unspecified atom stereocenters. The van der Waals surface area contributed by atoms with Crippen LogP contribution in [0.25, 0.3) is 0 Å². The fourth-order valence-electron chi connectivity index (χ4n) is 1.47. The molecule has 0 aliphatic heterocycles. The summed E-state index contributed by atoms with van der Waals surface area (Å²) in [5.74, 6) is -2.15. The molecule has 5 heteroatoms. The number of carbonyl (C=O) groups is 1. The lowest BCUT2D eigenvalue weighted by Gasteiger charge is -2.09. The second kappa shape index (κ2) is 5.27. The highest BCUT2D eigenvalue weighted by atomic mass is 19.1. The van der Waals surface area contributed by atoms with Crippen molar-refractivity contribution in [1.29, 1.82) is 0 Å². The monoisotopic (exact) mass is 247 g/mol. The van der Waals surface area contributed by atoms with Gasteiger partial charge >= 0.3 is 5.97 Å². The molecule has 92 valence electrons. The van der Waals surface area contributed by atoms with Crippen molar-refractivity contribution in [3.63, 3.8) is 0 Å². The Morgan fingerprint density at radius 2 is 2.00 bits per heavy atom. The molecule has 0 atom stereocenters. The third kappa shape index (κ3) is 2.63. The first-order valence-corrected chi connectivity index (χ1v) is 5.22. The van der Waals surface area contributed by atoms with E-state index >= 15 is 0 Å². The van der Waals surface area contributed by atoms with Crippen LogP contribution in [-0.2, 0) is 6.61 Å². The Labute approximate surface area is 103 Å². The van der Waals surface area contributed by atoms with E-state index in [-0.39, 0.29) is 12.4 Å². The molecule has 4 nitrogen and oxygen atoms in total. The van der Waals surface area contributed by atoms with E-state index in [1.807, 2.05) is 0 Å². The summed E-state index contributed by atoms with van der Waals surface area (Å²) in [5.41, 5.74) is 0.372. The van der Waals surface area contributed by atoms with Gasteiger partial charge in [-0.15, -0.1) is 0 Å². The summed E-state index contributed by atoms with van der Waals surface area (Å²) in [7, 11) is 0. The van der Waals surface area contributed by atoms with Crippen LogP contribution >= 0.6 is 0 Å². The van der Waals surface area contributed by atoms with Crippen LogP contribution in [0.3, 0.4) is 0 Å². The summed E-state index contributed by atoms with van der Waals surface area (Å²) >= 11 is 0. The molecule has 0 aliphatic rings. The summed E-state index contributed by atoms with van der Waals surface area (Å²) in [5, 5.41) is 8.91. The van der Waals surface area contributed by atoms with E-state index in [9.17, 15) is 9.18 Å². The predicted molar refractivity (Wildman–Crippen MR) is 61.9 cm³/mol. The zero-order chi connectivity index (χ0) is 13.0. The quantitative estimate of drug-likeness (QED) is 0.901. The maximum atomic E-state index is 13.4. The van der Waals surface area contributed by atoms with Gasteiger partial charge in [-0.05, 0) is 29.8 Å². The highest BCUT2D eigenvalue weighted by Gasteiger charge is 2.16. The molecule has 1 N–H and O–H groups in total.